The van der Waals surface area contributed by atoms with Crippen LogP contribution in [0.15, 0.2) is 34.4 Å². The van der Waals surface area contributed by atoms with Gasteiger partial charge in [-0.15, -0.1) is 13.3 Å². The minimum Gasteiger partial charge on any atom is -1.00 e. The molecule has 0 aromatic rings. The summed E-state index contributed by atoms with van der Waals surface area (Å²) in [6, 6.07) is 0. The van der Waals surface area contributed by atoms with E-state index in [9.17, 15) is 0 Å². The summed E-state index contributed by atoms with van der Waals surface area (Å²) in [6.07, 6.45) is 11.7. The summed E-state index contributed by atoms with van der Waals surface area (Å²) < 4.78 is 3.34. The van der Waals surface area contributed by atoms with Crippen LogP contribution in [0.1, 0.15) is 41.0 Å². The largest absolute Gasteiger partial charge is 1.00 e. The Bertz CT molecular complexity index is 373. The van der Waals surface area contributed by atoms with Crippen molar-refractivity contribution in [2.75, 3.05) is 0 Å². The van der Waals surface area contributed by atoms with Gasteiger partial charge < -0.3 is 24.8 Å². The van der Waals surface area contributed by atoms with Crippen LogP contribution in [0.2, 0.25) is 0 Å². The monoisotopic (exact) mass is 374 g/mol. The van der Waals surface area contributed by atoms with Gasteiger partial charge in [-0.05, 0) is 0 Å². The number of hydrogen-bond acceptors (Lipinski definition) is 0. The molecule has 1 atom stereocenters. The van der Waals surface area contributed by atoms with Crippen LogP contribution in [-0.2, 0) is 24.2 Å². The average molecular weight is 376 g/mol. The maximum atomic E-state index is 3.36. The van der Waals surface area contributed by atoms with Crippen molar-refractivity contribution in [3.05, 3.63) is 46.6 Å². The molecule has 2 aliphatic rings. The van der Waals surface area contributed by atoms with Crippen molar-refractivity contribution >= 4 is 4.21 Å². The Kier molecular flexibility index (Phi) is 17.0. The molecular formula is C16H22Cl2Zr-2. The zero-order valence-electron chi connectivity index (χ0n) is 12.4. The van der Waals surface area contributed by atoms with E-state index >= 15 is 0 Å². The topological polar surface area (TPSA) is 0 Å². The van der Waals surface area contributed by atoms with Crippen molar-refractivity contribution in [1.82, 2.24) is 0 Å². The molecular weight excluding hydrogens is 354 g/mol. The average Bonchev–Trinajstić information content (AvgIpc) is 2.88. The molecule has 0 aromatic heterocycles. The second kappa shape index (κ2) is 13.3. The Morgan fingerprint density at radius 2 is 1.68 bits per heavy atom. The van der Waals surface area contributed by atoms with E-state index in [0.29, 0.717) is 5.92 Å². The van der Waals surface area contributed by atoms with Gasteiger partial charge >= 0.3 is 28.4 Å². The Morgan fingerprint density at radius 3 is 1.79 bits per heavy atom. The fourth-order valence-electron chi connectivity index (χ4n) is 1.68. The maximum Gasteiger partial charge on any atom is -1.00 e. The van der Waals surface area contributed by atoms with E-state index in [1.807, 2.05) is 0 Å². The molecule has 0 radical (unpaired) electrons. The van der Waals surface area contributed by atoms with Gasteiger partial charge in [-0.2, -0.15) is 17.2 Å². The zero-order chi connectivity index (χ0) is 13.4. The number of rotatable bonds is 0. The van der Waals surface area contributed by atoms with Crippen molar-refractivity contribution < 1.29 is 49.0 Å². The predicted molar refractivity (Wildman–Crippen MR) is 73.3 cm³/mol. The number of hydrogen-bond donors (Lipinski definition) is 0. The van der Waals surface area contributed by atoms with Crippen LogP contribution in [-0.4, -0.2) is 4.21 Å². The van der Waals surface area contributed by atoms with E-state index in [1.54, 1.807) is 0 Å². The van der Waals surface area contributed by atoms with Gasteiger partial charge in [-0.3, -0.25) is 12.2 Å². The minimum atomic E-state index is 0. The standard InChI is InChI=1S/C9H13.C6H7.CH2.2ClH.Zr/c1-6-5-7(2)9(4)8(6)3;1-6-4-2-3-5-6;;;;/h6H,1-4H3;2,4H,3H2,1H3;1H2;2*1H;/q2*-1;;;;+2/p-2. The molecule has 0 N–H and O–H groups in total. The Labute approximate surface area is 146 Å². The quantitative estimate of drug-likeness (QED) is 0.447. The van der Waals surface area contributed by atoms with Crippen LogP contribution in [0.3, 0.4) is 0 Å². The fourth-order valence-corrected chi connectivity index (χ4v) is 1.68. The third kappa shape index (κ3) is 8.95. The first kappa shape index (κ1) is 24.3. The molecule has 0 amide bonds. The van der Waals surface area contributed by atoms with Crippen LogP contribution in [0.25, 0.3) is 0 Å². The van der Waals surface area contributed by atoms with E-state index in [4.69, 9.17) is 0 Å². The Morgan fingerprint density at radius 1 is 1.16 bits per heavy atom. The summed E-state index contributed by atoms with van der Waals surface area (Å²) in [4.78, 5) is 0. The summed E-state index contributed by atoms with van der Waals surface area (Å²) >= 11 is 1.30. The molecule has 2 aliphatic carbocycles. The third-order valence-electron chi connectivity index (χ3n) is 3.10. The van der Waals surface area contributed by atoms with Crippen molar-refractivity contribution in [3.63, 3.8) is 0 Å². The molecule has 0 saturated carbocycles. The number of halogens is 2. The summed E-state index contributed by atoms with van der Waals surface area (Å²) in [5.74, 6) is 0.560. The summed E-state index contributed by atoms with van der Waals surface area (Å²) in [5, 5.41) is 0. The molecule has 0 aliphatic heterocycles. The van der Waals surface area contributed by atoms with Crippen molar-refractivity contribution in [1.29, 1.82) is 0 Å². The fraction of sp³-hybridized carbons (Fsp3) is 0.438. The van der Waals surface area contributed by atoms with Gasteiger partial charge in [0, 0.05) is 0 Å². The van der Waals surface area contributed by atoms with Gasteiger partial charge in [0.15, 0.2) is 0 Å². The molecule has 0 bridgehead atoms. The van der Waals surface area contributed by atoms with Crippen LogP contribution < -0.4 is 24.8 Å². The van der Waals surface area contributed by atoms with Gasteiger partial charge in [-0.1, -0.05) is 33.6 Å². The van der Waals surface area contributed by atoms with E-state index in [0.717, 1.165) is 6.42 Å². The van der Waals surface area contributed by atoms with Crippen LogP contribution in [0.5, 0.6) is 0 Å². The van der Waals surface area contributed by atoms with E-state index in [-0.39, 0.29) is 24.8 Å². The van der Waals surface area contributed by atoms with E-state index in [2.05, 4.69) is 63.1 Å². The SMILES string of the molecule is CC1=[C-]C(C)C(C)=C1C.CC1=[C-]CC=C1.[CH2]=[Zr+2].[Cl-].[Cl-]. The molecule has 1 unspecified atom stereocenters. The second-order valence-electron chi connectivity index (χ2n) is 4.27. The Balaban J connectivity index is -0.000000227. The number of allylic oxidation sites excluding steroid dienone is 8. The Hall–Kier alpha value is 0.293. The first-order chi connectivity index (χ1) is 8.02. The molecule has 0 aromatic carbocycles. The molecule has 0 spiro atoms. The zero-order valence-corrected chi connectivity index (χ0v) is 16.4. The molecule has 106 valence electrons. The molecule has 19 heavy (non-hydrogen) atoms. The molecule has 0 fully saturated rings. The van der Waals surface area contributed by atoms with Crippen molar-refractivity contribution in [2.24, 2.45) is 5.92 Å². The molecule has 0 nitrogen and oxygen atoms in total. The maximum absolute atomic E-state index is 3.36. The molecule has 0 saturated heterocycles. The van der Waals surface area contributed by atoms with Crippen molar-refractivity contribution in [3.8, 4) is 0 Å². The predicted octanol–water partition coefficient (Wildman–Crippen LogP) is -1.61. The van der Waals surface area contributed by atoms with E-state index in [1.165, 1.54) is 46.5 Å². The summed E-state index contributed by atoms with van der Waals surface area (Å²) in [6.45, 7) is 10.7. The van der Waals surface area contributed by atoms with Crippen LogP contribution >= 0.6 is 0 Å². The van der Waals surface area contributed by atoms with Crippen LogP contribution in [0.4, 0.5) is 0 Å². The smallest absolute Gasteiger partial charge is 1.00 e. The van der Waals surface area contributed by atoms with E-state index < -0.39 is 0 Å². The summed E-state index contributed by atoms with van der Waals surface area (Å²) in [5.41, 5.74) is 5.52. The first-order valence-corrected chi connectivity index (χ1v) is 7.63. The van der Waals surface area contributed by atoms with Gasteiger partial charge in [0.05, 0.1) is 0 Å². The second-order valence-corrected chi connectivity index (χ2v) is 4.27. The third-order valence-corrected chi connectivity index (χ3v) is 3.10. The van der Waals surface area contributed by atoms with Gasteiger partial charge in [0.2, 0.25) is 0 Å². The summed E-state index contributed by atoms with van der Waals surface area (Å²) in [7, 11) is 0. The van der Waals surface area contributed by atoms with Crippen molar-refractivity contribution in [2.45, 2.75) is 41.0 Å². The minimum absolute atomic E-state index is 0. The first-order valence-electron chi connectivity index (χ1n) is 5.89. The normalized spacial score (nSPS) is 19.0. The van der Waals surface area contributed by atoms with Gasteiger partial charge in [0.1, 0.15) is 0 Å². The molecule has 3 heteroatoms. The molecule has 0 heterocycles. The van der Waals surface area contributed by atoms with Gasteiger partial charge in [-0.25, -0.2) is 17.2 Å². The van der Waals surface area contributed by atoms with Crippen LogP contribution in [0, 0.1) is 18.1 Å². The molecule has 2 rings (SSSR count). The van der Waals surface area contributed by atoms with Gasteiger partial charge in [0.25, 0.3) is 0 Å².